The van der Waals surface area contributed by atoms with E-state index in [4.69, 9.17) is 10.00 Å². The number of halogens is 3. The Kier molecular flexibility index (Phi) is 4.38. The number of rotatable bonds is 4. The number of ether oxygens (including phenoxy) is 1. The summed E-state index contributed by atoms with van der Waals surface area (Å²) in [6.07, 6.45) is -4.10. The molecule has 0 amide bonds. The maximum atomic E-state index is 12.2. The molecule has 1 saturated heterocycles. The molecule has 1 aliphatic rings. The molecule has 0 saturated carbocycles. The van der Waals surface area contributed by atoms with E-state index < -0.39 is 39.5 Å². The molecule has 0 bridgehead atoms. The highest BCUT2D eigenvalue weighted by molar-refractivity contribution is 7.91. The quantitative estimate of drug-likeness (QED) is 0.772. The average molecular weight is 271 g/mol. The summed E-state index contributed by atoms with van der Waals surface area (Å²) in [5, 5.41) is 8.32. The molecule has 1 fully saturated rings. The lowest BCUT2D eigenvalue weighted by atomic mass is 10.2. The van der Waals surface area contributed by atoms with Gasteiger partial charge < -0.3 is 4.74 Å². The molecule has 0 aromatic heterocycles. The van der Waals surface area contributed by atoms with Crippen molar-refractivity contribution in [2.75, 3.05) is 18.1 Å². The van der Waals surface area contributed by atoms with Gasteiger partial charge in [-0.2, -0.15) is 18.4 Å². The fourth-order valence-corrected chi connectivity index (χ4v) is 3.32. The number of nitrogens with zero attached hydrogens (tertiary/aromatic N) is 1. The molecule has 0 N–H and O–H groups in total. The first-order valence-electron chi connectivity index (χ1n) is 5.03. The second kappa shape index (κ2) is 5.23. The Morgan fingerprint density at radius 3 is 2.53 bits per heavy atom. The fraction of sp³-hybridized carbons (Fsp3) is 0.889. The van der Waals surface area contributed by atoms with Crippen LogP contribution in [-0.2, 0) is 14.6 Å². The van der Waals surface area contributed by atoms with Gasteiger partial charge in [0.25, 0.3) is 0 Å². The normalized spacial score (nSPS) is 23.3. The van der Waals surface area contributed by atoms with Crippen molar-refractivity contribution in [3.8, 4) is 6.07 Å². The van der Waals surface area contributed by atoms with Crippen LogP contribution in [0.2, 0.25) is 0 Å². The Bertz CT molecular complexity index is 393. The molecule has 2 atom stereocenters. The average Bonchev–Trinajstić information content (AvgIpc) is 2.64. The van der Waals surface area contributed by atoms with E-state index in [0.717, 1.165) is 6.07 Å². The van der Waals surface area contributed by atoms with Crippen molar-refractivity contribution in [1.82, 2.24) is 0 Å². The molecule has 4 nitrogen and oxygen atoms in total. The minimum absolute atomic E-state index is 0.432. The minimum atomic E-state index is -4.81. The molecule has 0 spiro atoms. The Hall–Kier alpha value is -0.810. The molecule has 0 aliphatic carbocycles. The minimum Gasteiger partial charge on any atom is -0.377 e. The van der Waals surface area contributed by atoms with Gasteiger partial charge in [0.15, 0.2) is 15.8 Å². The van der Waals surface area contributed by atoms with E-state index in [-0.39, 0.29) is 0 Å². The molecule has 8 heteroatoms. The Labute approximate surface area is 97.3 Å². The largest absolute Gasteiger partial charge is 0.405 e. The SMILES string of the molecule is N#CC(CS(=O)(=O)CC1CCCO1)C(F)(F)F. The summed E-state index contributed by atoms with van der Waals surface area (Å²) in [6.45, 7) is 0.432. The van der Waals surface area contributed by atoms with E-state index in [1.807, 2.05) is 0 Å². The number of nitriles is 1. The van der Waals surface area contributed by atoms with E-state index >= 15 is 0 Å². The van der Waals surface area contributed by atoms with Crippen molar-refractivity contribution in [1.29, 1.82) is 5.26 Å². The van der Waals surface area contributed by atoms with Crippen LogP contribution in [0.15, 0.2) is 0 Å². The molecule has 0 radical (unpaired) electrons. The van der Waals surface area contributed by atoms with Crippen LogP contribution in [0, 0.1) is 17.2 Å². The molecular formula is C9H12F3NO3S. The third-order valence-corrected chi connectivity index (χ3v) is 4.16. The van der Waals surface area contributed by atoms with Gasteiger partial charge in [-0.15, -0.1) is 0 Å². The summed E-state index contributed by atoms with van der Waals surface area (Å²) in [6, 6.07) is 0.978. The molecule has 0 aromatic rings. The van der Waals surface area contributed by atoms with E-state index in [1.165, 1.54) is 0 Å². The molecule has 1 rings (SSSR count). The number of sulfone groups is 1. The van der Waals surface area contributed by atoms with E-state index in [9.17, 15) is 21.6 Å². The second-order valence-electron chi connectivity index (χ2n) is 3.94. The molecule has 1 aliphatic heterocycles. The van der Waals surface area contributed by atoms with Gasteiger partial charge in [0.2, 0.25) is 0 Å². The first-order valence-corrected chi connectivity index (χ1v) is 6.85. The van der Waals surface area contributed by atoms with E-state index in [1.54, 1.807) is 0 Å². The van der Waals surface area contributed by atoms with E-state index in [2.05, 4.69) is 0 Å². The van der Waals surface area contributed by atoms with Gasteiger partial charge in [-0.3, -0.25) is 0 Å². The zero-order valence-electron chi connectivity index (χ0n) is 8.90. The highest BCUT2D eigenvalue weighted by atomic mass is 32.2. The monoisotopic (exact) mass is 271 g/mol. The first-order chi connectivity index (χ1) is 7.74. The summed E-state index contributed by atoms with van der Waals surface area (Å²) in [7, 11) is -3.93. The van der Waals surface area contributed by atoms with Crippen LogP contribution in [0.25, 0.3) is 0 Å². The summed E-state index contributed by atoms with van der Waals surface area (Å²) >= 11 is 0. The first kappa shape index (κ1) is 14.3. The third-order valence-electron chi connectivity index (χ3n) is 2.44. The standard InChI is InChI=1S/C9H12F3NO3S/c10-9(11,12)7(4-13)5-17(14,15)6-8-2-1-3-16-8/h7-8H,1-3,5-6H2. The van der Waals surface area contributed by atoms with Gasteiger partial charge >= 0.3 is 6.18 Å². The molecule has 1 heterocycles. The predicted molar refractivity (Wildman–Crippen MR) is 52.8 cm³/mol. The maximum absolute atomic E-state index is 12.2. The lowest BCUT2D eigenvalue weighted by Gasteiger charge is -2.15. The maximum Gasteiger partial charge on any atom is 0.405 e. The zero-order valence-corrected chi connectivity index (χ0v) is 9.72. The third kappa shape index (κ3) is 4.52. The summed E-state index contributed by atoms with van der Waals surface area (Å²) in [5.41, 5.74) is 0. The van der Waals surface area contributed by atoms with Gasteiger partial charge in [-0.05, 0) is 12.8 Å². The van der Waals surface area contributed by atoms with Gasteiger partial charge in [0.1, 0.15) is 0 Å². The van der Waals surface area contributed by atoms with Crippen molar-refractivity contribution in [3.05, 3.63) is 0 Å². The van der Waals surface area contributed by atoms with Crippen LogP contribution in [0.3, 0.4) is 0 Å². The molecule has 98 valence electrons. The topological polar surface area (TPSA) is 67.2 Å². The predicted octanol–water partition coefficient (Wildman–Crippen LogP) is 1.28. The number of hydrogen-bond donors (Lipinski definition) is 0. The number of alkyl halides is 3. The Morgan fingerprint density at radius 2 is 2.12 bits per heavy atom. The second-order valence-corrected chi connectivity index (χ2v) is 6.09. The van der Waals surface area contributed by atoms with Gasteiger partial charge in [-0.25, -0.2) is 8.42 Å². The number of hydrogen-bond acceptors (Lipinski definition) is 4. The summed E-state index contributed by atoms with van der Waals surface area (Å²) < 4.78 is 64.7. The van der Waals surface area contributed by atoms with Gasteiger partial charge in [-0.1, -0.05) is 0 Å². The van der Waals surface area contributed by atoms with Crippen LogP contribution < -0.4 is 0 Å². The van der Waals surface area contributed by atoms with E-state index in [0.29, 0.717) is 19.4 Å². The highest BCUT2D eigenvalue weighted by Gasteiger charge is 2.43. The Morgan fingerprint density at radius 1 is 1.47 bits per heavy atom. The molecule has 2 unspecified atom stereocenters. The zero-order chi connectivity index (χ0) is 13.1. The fourth-order valence-electron chi connectivity index (χ4n) is 1.59. The Balaban J connectivity index is 2.62. The lowest BCUT2D eigenvalue weighted by molar-refractivity contribution is -0.153. The molecular weight excluding hydrogens is 259 g/mol. The summed E-state index contributed by atoms with van der Waals surface area (Å²) in [4.78, 5) is 0. The van der Waals surface area contributed by atoms with Crippen LogP contribution in [0.4, 0.5) is 13.2 Å². The highest BCUT2D eigenvalue weighted by Crippen LogP contribution is 2.27. The lowest BCUT2D eigenvalue weighted by Crippen LogP contribution is -2.32. The van der Waals surface area contributed by atoms with Crippen molar-refractivity contribution in [2.45, 2.75) is 25.1 Å². The molecule has 17 heavy (non-hydrogen) atoms. The van der Waals surface area contributed by atoms with Crippen LogP contribution in [0.5, 0.6) is 0 Å². The van der Waals surface area contributed by atoms with Crippen LogP contribution in [-0.4, -0.2) is 38.8 Å². The smallest absolute Gasteiger partial charge is 0.377 e. The van der Waals surface area contributed by atoms with Crippen LogP contribution >= 0.6 is 0 Å². The van der Waals surface area contributed by atoms with Crippen molar-refractivity contribution in [2.24, 2.45) is 5.92 Å². The summed E-state index contributed by atoms with van der Waals surface area (Å²) in [5.74, 6) is -4.09. The van der Waals surface area contributed by atoms with Crippen molar-refractivity contribution in [3.63, 3.8) is 0 Å². The van der Waals surface area contributed by atoms with Gasteiger partial charge in [0.05, 0.1) is 23.7 Å². The molecule has 0 aromatic carbocycles. The van der Waals surface area contributed by atoms with Crippen molar-refractivity contribution < 1.29 is 26.3 Å². The van der Waals surface area contributed by atoms with Crippen molar-refractivity contribution >= 4 is 9.84 Å². The van der Waals surface area contributed by atoms with Crippen LogP contribution in [0.1, 0.15) is 12.8 Å². The van der Waals surface area contributed by atoms with Gasteiger partial charge in [0, 0.05) is 6.61 Å².